The van der Waals surface area contributed by atoms with Gasteiger partial charge in [0.15, 0.2) is 9.84 Å². The highest BCUT2D eigenvalue weighted by Crippen LogP contribution is 2.29. The van der Waals surface area contributed by atoms with E-state index in [9.17, 15) is 21.6 Å². The van der Waals surface area contributed by atoms with Crippen molar-refractivity contribution in [2.75, 3.05) is 30.9 Å². The predicted molar refractivity (Wildman–Crippen MR) is 94.6 cm³/mol. The van der Waals surface area contributed by atoms with Crippen LogP contribution in [0.2, 0.25) is 0 Å². The highest BCUT2D eigenvalue weighted by Gasteiger charge is 2.50. The van der Waals surface area contributed by atoms with E-state index in [1.54, 1.807) is 12.1 Å². The van der Waals surface area contributed by atoms with Gasteiger partial charge in [-0.05, 0) is 24.1 Å². The molecule has 138 valence electrons. The maximum absolute atomic E-state index is 12.9. The van der Waals surface area contributed by atoms with E-state index < -0.39 is 31.9 Å². The summed E-state index contributed by atoms with van der Waals surface area (Å²) in [6.45, 7) is 2.33. The van der Waals surface area contributed by atoms with Gasteiger partial charge in [0.1, 0.15) is 0 Å². The van der Waals surface area contributed by atoms with Crippen LogP contribution in [0.1, 0.15) is 22.8 Å². The van der Waals surface area contributed by atoms with Crippen molar-refractivity contribution in [2.45, 2.75) is 25.4 Å². The minimum absolute atomic E-state index is 0.119. The molecular formula is C16H22N2O5S2. The average molecular weight is 386 g/mol. The van der Waals surface area contributed by atoms with Crippen molar-refractivity contribution in [3.63, 3.8) is 0 Å². The second kappa shape index (κ2) is 6.37. The van der Waals surface area contributed by atoms with E-state index in [1.165, 1.54) is 9.21 Å². The number of rotatable bonds is 3. The van der Waals surface area contributed by atoms with Gasteiger partial charge in [-0.15, -0.1) is 0 Å². The fraction of sp³-hybridized carbons (Fsp3) is 0.562. The molecule has 2 heterocycles. The molecule has 3 rings (SSSR count). The van der Waals surface area contributed by atoms with Crippen molar-refractivity contribution >= 4 is 25.8 Å². The van der Waals surface area contributed by atoms with Gasteiger partial charge in [-0.2, -0.15) is 4.31 Å². The van der Waals surface area contributed by atoms with Gasteiger partial charge in [-0.25, -0.2) is 16.8 Å². The SMILES string of the molecule is CCc1ccc(C(=O)N2CCN(S(C)(=O)=O)[C@@H]3CS(=O)(=O)C[C@@H]32)cc1. The number of piperazine rings is 1. The summed E-state index contributed by atoms with van der Waals surface area (Å²) in [6.07, 6.45) is 1.94. The Kier molecular flexibility index (Phi) is 4.67. The third kappa shape index (κ3) is 3.58. The highest BCUT2D eigenvalue weighted by atomic mass is 32.2. The summed E-state index contributed by atoms with van der Waals surface area (Å²) in [6, 6.07) is 5.90. The molecule has 0 N–H and O–H groups in total. The number of benzene rings is 1. The zero-order chi connectivity index (χ0) is 18.4. The summed E-state index contributed by atoms with van der Waals surface area (Å²) >= 11 is 0. The number of hydrogen-bond acceptors (Lipinski definition) is 5. The van der Waals surface area contributed by atoms with Crippen LogP contribution in [0.3, 0.4) is 0 Å². The lowest BCUT2D eigenvalue weighted by molar-refractivity contribution is 0.0516. The topological polar surface area (TPSA) is 91.8 Å². The standard InChI is InChI=1S/C16H22N2O5S2/c1-3-12-4-6-13(7-5-12)16(19)17-8-9-18(24(2,20)21)15-11-25(22,23)10-14(15)17/h4-7,14-15H,3,8-11H2,1-2H3/t14-,15+/m0/s1. The first-order valence-corrected chi connectivity index (χ1v) is 11.9. The van der Waals surface area contributed by atoms with Crippen molar-refractivity contribution in [3.8, 4) is 0 Å². The molecule has 2 aliphatic rings. The van der Waals surface area contributed by atoms with Crippen LogP contribution in [-0.2, 0) is 26.3 Å². The molecule has 0 unspecified atom stereocenters. The van der Waals surface area contributed by atoms with Gasteiger partial charge < -0.3 is 4.90 Å². The summed E-state index contributed by atoms with van der Waals surface area (Å²) in [5, 5.41) is 0. The zero-order valence-electron chi connectivity index (χ0n) is 14.3. The van der Waals surface area contributed by atoms with E-state index >= 15 is 0 Å². The Hall–Kier alpha value is -1.45. The fourth-order valence-corrected chi connectivity index (χ4v) is 6.83. The third-order valence-corrected chi connectivity index (χ3v) is 7.93. The van der Waals surface area contributed by atoms with Crippen molar-refractivity contribution < 1.29 is 21.6 Å². The summed E-state index contributed by atoms with van der Waals surface area (Å²) in [4.78, 5) is 14.4. The molecule has 1 amide bonds. The van der Waals surface area contributed by atoms with E-state index in [-0.39, 0.29) is 30.5 Å². The van der Waals surface area contributed by atoms with Crippen LogP contribution in [0.25, 0.3) is 0 Å². The molecule has 7 nitrogen and oxygen atoms in total. The molecular weight excluding hydrogens is 364 g/mol. The van der Waals surface area contributed by atoms with Gasteiger partial charge in [0.2, 0.25) is 10.0 Å². The molecule has 0 spiro atoms. The number of fused-ring (bicyclic) bond motifs is 1. The van der Waals surface area contributed by atoms with Crippen molar-refractivity contribution in [1.29, 1.82) is 0 Å². The van der Waals surface area contributed by atoms with E-state index in [0.717, 1.165) is 18.2 Å². The Morgan fingerprint density at radius 1 is 1.12 bits per heavy atom. The lowest BCUT2D eigenvalue weighted by atomic mass is 10.0. The first kappa shape index (κ1) is 18.3. The first-order chi connectivity index (χ1) is 11.6. The molecule has 1 aromatic carbocycles. The largest absolute Gasteiger partial charge is 0.332 e. The molecule has 9 heteroatoms. The Morgan fingerprint density at radius 3 is 2.28 bits per heavy atom. The Morgan fingerprint density at radius 2 is 1.72 bits per heavy atom. The lowest BCUT2D eigenvalue weighted by Crippen LogP contribution is -2.61. The molecule has 0 aromatic heterocycles. The molecule has 2 atom stereocenters. The summed E-state index contributed by atoms with van der Waals surface area (Å²) in [7, 11) is -6.90. The normalized spacial score (nSPS) is 26.4. The number of nitrogens with zero attached hydrogens (tertiary/aromatic N) is 2. The molecule has 2 fully saturated rings. The van der Waals surface area contributed by atoms with Crippen LogP contribution in [0.5, 0.6) is 0 Å². The number of sulfone groups is 1. The average Bonchev–Trinajstić information content (AvgIpc) is 2.86. The predicted octanol–water partition coefficient (Wildman–Crippen LogP) is 0.132. The minimum Gasteiger partial charge on any atom is -0.332 e. The van der Waals surface area contributed by atoms with Crippen LogP contribution in [0.15, 0.2) is 24.3 Å². The fourth-order valence-electron chi connectivity index (χ4n) is 3.63. The molecule has 0 saturated carbocycles. The smallest absolute Gasteiger partial charge is 0.254 e. The second-order valence-electron chi connectivity index (χ2n) is 6.63. The summed E-state index contributed by atoms with van der Waals surface area (Å²) < 4.78 is 49.4. The number of aryl methyl sites for hydroxylation is 1. The number of carbonyl (C=O) groups is 1. The Bertz CT molecular complexity index is 878. The van der Waals surface area contributed by atoms with Gasteiger partial charge in [-0.1, -0.05) is 19.1 Å². The van der Waals surface area contributed by atoms with Gasteiger partial charge in [-0.3, -0.25) is 4.79 Å². The minimum atomic E-state index is -3.52. The van der Waals surface area contributed by atoms with Crippen molar-refractivity contribution in [3.05, 3.63) is 35.4 Å². The maximum atomic E-state index is 12.9. The highest BCUT2D eigenvalue weighted by molar-refractivity contribution is 7.92. The monoisotopic (exact) mass is 386 g/mol. The van der Waals surface area contributed by atoms with Crippen LogP contribution >= 0.6 is 0 Å². The molecule has 2 aliphatic heterocycles. The van der Waals surface area contributed by atoms with Gasteiger partial charge >= 0.3 is 0 Å². The molecule has 0 aliphatic carbocycles. The van der Waals surface area contributed by atoms with Crippen LogP contribution in [0, 0.1) is 0 Å². The molecule has 25 heavy (non-hydrogen) atoms. The van der Waals surface area contributed by atoms with Crippen molar-refractivity contribution in [1.82, 2.24) is 9.21 Å². The summed E-state index contributed by atoms with van der Waals surface area (Å²) in [5.41, 5.74) is 1.60. The molecule has 0 radical (unpaired) electrons. The number of sulfonamides is 1. The molecule has 0 bridgehead atoms. The van der Waals surface area contributed by atoms with E-state index in [0.29, 0.717) is 5.56 Å². The Labute approximate surface area is 148 Å². The number of amides is 1. The van der Waals surface area contributed by atoms with Gasteiger partial charge in [0.05, 0.1) is 29.8 Å². The van der Waals surface area contributed by atoms with Crippen molar-refractivity contribution in [2.24, 2.45) is 0 Å². The number of hydrogen-bond donors (Lipinski definition) is 0. The first-order valence-electron chi connectivity index (χ1n) is 8.19. The maximum Gasteiger partial charge on any atom is 0.254 e. The van der Waals surface area contributed by atoms with Gasteiger partial charge in [0, 0.05) is 18.7 Å². The third-order valence-electron chi connectivity index (χ3n) is 4.92. The second-order valence-corrected chi connectivity index (χ2v) is 10.7. The summed E-state index contributed by atoms with van der Waals surface area (Å²) in [5.74, 6) is -0.672. The zero-order valence-corrected chi connectivity index (χ0v) is 15.9. The van der Waals surface area contributed by atoms with E-state index in [1.807, 2.05) is 19.1 Å². The van der Waals surface area contributed by atoms with E-state index in [4.69, 9.17) is 0 Å². The lowest BCUT2D eigenvalue weighted by Gasteiger charge is -2.42. The quantitative estimate of drug-likeness (QED) is 0.736. The molecule has 2 saturated heterocycles. The van der Waals surface area contributed by atoms with E-state index in [2.05, 4.69) is 0 Å². The van der Waals surface area contributed by atoms with Crippen LogP contribution < -0.4 is 0 Å². The Balaban J connectivity index is 1.91. The van der Waals surface area contributed by atoms with Crippen LogP contribution in [0.4, 0.5) is 0 Å². The van der Waals surface area contributed by atoms with Gasteiger partial charge in [0.25, 0.3) is 5.91 Å². The number of carbonyl (C=O) groups excluding carboxylic acids is 1. The van der Waals surface area contributed by atoms with Crippen LogP contribution in [-0.4, -0.2) is 74.9 Å². The molecule has 1 aromatic rings.